The average molecular weight is 1210 g/mol. The van der Waals surface area contributed by atoms with Crippen molar-refractivity contribution in [3.05, 3.63) is 24.3 Å². The minimum Gasteiger partial charge on any atom is -0.394 e. The lowest BCUT2D eigenvalue weighted by Crippen LogP contribution is -2.65. The van der Waals surface area contributed by atoms with Crippen molar-refractivity contribution in [3.8, 4) is 0 Å². The van der Waals surface area contributed by atoms with E-state index in [2.05, 4.69) is 31.3 Å². The molecular formula is C71H135NO13. The normalized spacial score (nSPS) is 23.6. The van der Waals surface area contributed by atoms with Crippen LogP contribution < -0.4 is 5.32 Å². The predicted octanol–water partition coefficient (Wildman–Crippen LogP) is 14.7. The van der Waals surface area contributed by atoms with E-state index in [1.165, 1.54) is 263 Å². The molecule has 2 rings (SSSR count). The second-order valence-corrected chi connectivity index (χ2v) is 25.7. The number of hydrogen-bond acceptors (Lipinski definition) is 13. The van der Waals surface area contributed by atoms with Crippen molar-refractivity contribution >= 4 is 5.91 Å². The molecule has 12 unspecified atom stereocenters. The Morgan fingerprint density at radius 1 is 0.412 bits per heavy atom. The van der Waals surface area contributed by atoms with Crippen LogP contribution in [0.25, 0.3) is 0 Å². The number of amides is 1. The summed E-state index contributed by atoms with van der Waals surface area (Å²) in [6.45, 7) is 2.83. The highest BCUT2D eigenvalue weighted by Crippen LogP contribution is 2.30. The molecule has 0 aromatic heterocycles. The molecule has 0 bridgehead atoms. The van der Waals surface area contributed by atoms with Gasteiger partial charge in [0.05, 0.1) is 32.0 Å². The molecular weight excluding hydrogens is 1070 g/mol. The molecule has 0 aromatic carbocycles. The maximum absolute atomic E-state index is 13.3. The third-order valence-electron chi connectivity index (χ3n) is 17.9. The van der Waals surface area contributed by atoms with Crippen LogP contribution in [0.5, 0.6) is 0 Å². The smallest absolute Gasteiger partial charge is 0.220 e. The molecule has 2 heterocycles. The Labute approximate surface area is 519 Å². The molecule has 14 heteroatoms. The SMILES string of the molecule is CCCCCCCCCC/C=C\CCCCCCCCCCCCCCCCCCCCCCCCCCCC(=O)NC(COC1OC(CO)C(OC2OC(CO)C(O)C(O)C2O)C(O)C1O)C(O)/C=C/CCCCCCCCCCCCCC. The van der Waals surface area contributed by atoms with Gasteiger partial charge in [0, 0.05) is 6.42 Å². The van der Waals surface area contributed by atoms with Gasteiger partial charge in [0.15, 0.2) is 12.6 Å². The highest BCUT2D eigenvalue weighted by molar-refractivity contribution is 5.76. The second-order valence-electron chi connectivity index (χ2n) is 25.7. The molecule has 0 radical (unpaired) electrons. The van der Waals surface area contributed by atoms with E-state index in [1.54, 1.807) is 6.08 Å². The number of rotatable bonds is 60. The van der Waals surface area contributed by atoms with Crippen molar-refractivity contribution in [3.63, 3.8) is 0 Å². The first-order chi connectivity index (χ1) is 41.6. The number of carbonyl (C=O) groups excluding carboxylic acids is 1. The minimum atomic E-state index is -1.79. The van der Waals surface area contributed by atoms with Crippen LogP contribution in [0, 0.1) is 0 Å². The third kappa shape index (κ3) is 40.8. The molecule has 0 spiro atoms. The molecule has 12 atom stereocenters. The van der Waals surface area contributed by atoms with Crippen molar-refractivity contribution in [2.45, 2.75) is 402 Å². The number of hydrogen-bond donors (Lipinski definition) is 9. The summed E-state index contributed by atoms with van der Waals surface area (Å²) in [5.74, 6) is -0.233. The number of aliphatic hydroxyl groups excluding tert-OH is 8. The van der Waals surface area contributed by atoms with Crippen LogP contribution in [0.2, 0.25) is 0 Å². The van der Waals surface area contributed by atoms with Crippen LogP contribution >= 0.6 is 0 Å². The standard InChI is InChI=1S/C71H135NO13/c1-3-5-7-9-11-13-15-17-19-20-21-22-23-24-25-26-27-28-29-30-31-32-33-34-35-36-37-38-39-40-41-43-45-47-49-51-53-55-63(76)72-59(60(75)54-52-50-48-46-44-42-18-16-14-12-10-8-6-4-2)58-82-70-68(81)66(79)69(62(57-74)84-70)85-71-67(80)65(78)64(77)61(56-73)83-71/h20-21,52,54,59-62,64-71,73-75,77-81H,3-19,22-51,53,55-58H2,1-2H3,(H,72,76)/b21-20-,54-52+. The van der Waals surface area contributed by atoms with Crippen LogP contribution in [0.4, 0.5) is 0 Å². The van der Waals surface area contributed by atoms with Crippen LogP contribution in [0.3, 0.4) is 0 Å². The van der Waals surface area contributed by atoms with E-state index >= 15 is 0 Å². The Hall–Kier alpha value is -1.53. The zero-order valence-electron chi connectivity index (χ0n) is 54.6. The summed E-state index contributed by atoms with van der Waals surface area (Å²) in [7, 11) is 0. The van der Waals surface area contributed by atoms with Crippen molar-refractivity contribution < 1.29 is 64.6 Å². The van der Waals surface area contributed by atoms with Crippen LogP contribution in [0.15, 0.2) is 24.3 Å². The van der Waals surface area contributed by atoms with Gasteiger partial charge in [-0.2, -0.15) is 0 Å². The Morgan fingerprint density at radius 3 is 1.12 bits per heavy atom. The first-order valence-electron chi connectivity index (χ1n) is 36.1. The Bertz CT molecular complexity index is 1520. The zero-order chi connectivity index (χ0) is 61.6. The quantitative estimate of drug-likeness (QED) is 0.0204. The molecule has 14 nitrogen and oxygen atoms in total. The van der Waals surface area contributed by atoms with Gasteiger partial charge in [0.25, 0.3) is 0 Å². The van der Waals surface area contributed by atoms with Gasteiger partial charge >= 0.3 is 0 Å². The molecule has 2 aliphatic rings. The highest BCUT2D eigenvalue weighted by atomic mass is 16.7. The van der Waals surface area contributed by atoms with Crippen LogP contribution in [-0.2, 0) is 23.7 Å². The molecule has 0 saturated carbocycles. The number of allylic oxidation sites excluding steroid dienone is 3. The molecule has 0 aromatic rings. The van der Waals surface area contributed by atoms with Gasteiger partial charge in [-0.25, -0.2) is 0 Å². The predicted molar refractivity (Wildman–Crippen MR) is 346 cm³/mol. The zero-order valence-corrected chi connectivity index (χ0v) is 54.6. The number of unbranched alkanes of at least 4 members (excludes halogenated alkanes) is 45. The average Bonchev–Trinajstić information content (AvgIpc) is 3.65. The summed E-state index contributed by atoms with van der Waals surface area (Å²) in [6.07, 6.45) is 54.1. The number of aliphatic hydroxyl groups is 8. The van der Waals surface area contributed by atoms with Crippen molar-refractivity contribution in [2.75, 3.05) is 19.8 Å². The van der Waals surface area contributed by atoms with Gasteiger partial charge in [-0.1, -0.05) is 301 Å². The number of carbonyl (C=O) groups is 1. The lowest BCUT2D eigenvalue weighted by molar-refractivity contribution is -0.359. The van der Waals surface area contributed by atoms with Crippen LogP contribution in [0.1, 0.15) is 328 Å². The van der Waals surface area contributed by atoms with E-state index in [0.29, 0.717) is 6.42 Å². The van der Waals surface area contributed by atoms with E-state index in [9.17, 15) is 45.6 Å². The summed E-state index contributed by atoms with van der Waals surface area (Å²) >= 11 is 0. The van der Waals surface area contributed by atoms with E-state index in [1.807, 2.05) is 6.08 Å². The molecule has 1 amide bonds. The fraction of sp³-hybridized carbons (Fsp3) is 0.930. The highest BCUT2D eigenvalue weighted by Gasteiger charge is 2.51. The molecule has 2 aliphatic heterocycles. The molecule has 2 fully saturated rings. The maximum Gasteiger partial charge on any atom is 0.220 e. The van der Waals surface area contributed by atoms with Gasteiger partial charge in [-0.05, 0) is 44.9 Å². The van der Waals surface area contributed by atoms with Gasteiger partial charge < -0.3 is 65.1 Å². The number of nitrogens with one attached hydrogen (secondary N) is 1. The van der Waals surface area contributed by atoms with E-state index in [4.69, 9.17) is 18.9 Å². The van der Waals surface area contributed by atoms with Gasteiger partial charge in [-0.15, -0.1) is 0 Å². The fourth-order valence-electron chi connectivity index (χ4n) is 12.1. The van der Waals surface area contributed by atoms with Crippen molar-refractivity contribution in [1.29, 1.82) is 0 Å². The lowest BCUT2D eigenvalue weighted by Gasteiger charge is -2.46. The van der Waals surface area contributed by atoms with Gasteiger partial charge in [0.1, 0.15) is 48.8 Å². The fourth-order valence-corrected chi connectivity index (χ4v) is 12.1. The number of ether oxygens (including phenoxy) is 4. The third-order valence-corrected chi connectivity index (χ3v) is 17.9. The first kappa shape index (κ1) is 79.6. The first-order valence-corrected chi connectivity index (χ1v) is 36.1. The van der Waals surface area contributed by atoms with E-state index < -0.39 is 86.8 Å². The van der Waals surface area contributed by atoms with Crippen molar-refractivity contribution in [2.24, 2.45) is 0 Å². The molecule has 0 aliphatic carbocycles. The molecule has 9 N–H and O–H groups in total. The summed E-state index contributed by atoms with van der Waals surface area (Å²) < 4.78 is 22.8. The summed E-state index contributed by atoms with van der Waals surface area (Å²) in [5, 5.41) is 87.3. The Balaban J connectivity index is 1.56. The second kappa shape index (κ2) is 56.5. The lowest BCUT2D eigenvalue weighted by atomic mass is 9.97. The molecule has 2 saturated heterocycles. The monoisotopic (exact) mass is 1210 g/mol. The topological polar surface area (TPSA) is 228 Å². The minimum absolute atomic E-state index is 0.233. The Kier molecular flexibility index (Phi) is 52.8. The molecule has 502 valence electrons. The largest absolute Gasteiger partial charge is 0.394 e. The van der Waals surface area contributed by atoms with E-state index in [-0.39, 0.29) is 18.9 Å². The van der Waals surface area contributed by atoms with Gasteiger partial charge in [-0.3, -0.25) is 4.79 Å². The van der Waals surface area contributed by atoms with Gasteiger partial charge in [0.2, 0.25) is 5.91 Å². The summed E-state index contributed by atoms with van der Waals surface area (Å²) in [6, 6.07) is -0.911. The van der Waals surface area contributed by atoms with Crippen molar-refractivity contribution in [1.82, 2.24) is 5.32 Å². The summed E-state index contributed by atoms with van der Waals surface area (Å²) in [4.78, 5) is 13.3. The molecule has 85 heavy (non-hydrogen) atoms. The van der Waals surface area contributed by atoms with Crippen LogP contribution in [-0.4, -0.2) is 140 Å². The summed E-state index contributed by atoms with van der Waals surface area (Å²) in [5.41, 5.74) is 0. The maximum atomic E-state index is 13.3. The van der Waals surface area contributed by atoms with E-state index in [0.717, 1.165) is 38.5 Å². The Morgan fingerprint density at radius 2 is 0.741 bits per heavy atom.